The second-order valence-electron chi connectivity index (χ2n) is 5.84. The molecule has 0 aliphatic heterocycles. The third kappa shape index (κ3) is 4.20. The molecular formula is C20H19N3O4. The van der Waals surface area contributed by atoms with E-state index in [1.165, 1.54) is 14.2 Å². The SMILES string of the molecule is COC(=O)[C@H](Cc1ccc(OC)nc1)NC(=O)c1ccnc2ccccc12. The van der Waals surface area contributed by atoms with E-state index in [-0.39, 0.29) is 12.3 Å². The summed E-state index contributed by atoms with van der Waals surface area (Å²) in [5.74, 6) is -0.427. The van der Waals surface area contributed by atoms with Gasteiger partial charge in [-0.3, -0.25) is 9.78 Å². The zero-order valence-corrected chi connectivity index (χ0v) is 15.0. The Morgan fingerprint density at radius 3 is 2.59 bits per heavy atom. The van der Waals surface area contributed by atoms with Crippen molar-refractivity contribution < 1.29 is 19.1 Å². The van der Waals surface area contributed by atoms with Crippen LogP contribution in [0, 0.1) is 0 Å². The summed E-state index contributed by atoms with van der Waals surface area (Å²) in [5.41, 5.74) is 1.92. The fourth-order valence-corrected chi connectivity index (χ4v) is 2.75. The van der Waals surface area contributed by atoms with Gasteiger partial charge in [-0.2, -0.15) is 0 Å². The molecule has 1 N–H and O–H groups in total. The van der Waals surface area contributed by atoms with Crippen molar-refractivity contribution in [1.82, 2.24) is 15.3 Å². The first-order chi connectivity index (χ1) is 13.1. The number of aromatic nitrogens is 2. The summed E-state index contributed by atoms with van der Waals surface area (Å²) in [6.45, 7) is 0. The number of hydrogen-bond acceptors (Lipinski definition) is 6. The molecule has 0 saturated carbocycles. The van der Waals surface area contributed by atoms with E-state index in [0.29, 0.717) is 22.3 Å². The lowest BCUT2D eigenvalue weighted by atomic mass is 10.1. The maximum atomic E-state index is 12.8. The number of nitrogens with zero attached hydrogens (tertiary/aromatic N) is 2. The Balaban J connectivity index is 1.83. The molecule has 0 aliphatic rings. The average molecular weight is 365 g/mol. The van der Waals surface area contributed by atoms with Gasteiger partial charge in [0, 0.05) is 30.3 Å². The molecule has 0 saturated heterocycles. The summed E-state index contributed by atoms with van der Waals surface area (Å²) < 4.78 is 9.87. The Morgan fingerprint density at radius 1 is 1.07 bits per heavy atom. The smallest absolute Gasteiger partial charge is 0.328 e. The van der Waals surface area contributed by atoms with E-state index in [9.17, 15) is 9.59 Å². The number of esters is 1. The fourth-order valence-electron chi connectivity index (χ4n) is 2.75. The topological polar surface area (TPSA) is 90.4 Å². The van der Waals surface area contributed by atoms with Gasteiger partial charge in [0.25, 0.3) is 5.91 Å². The number of amides is 1. The van der Waals surface area contributed by atoms with Gasteiger partial charge in [0.1, 0.15) is 6.04 Å². The molecule has 0 radical (unpaired) electrons. The molecule has 0 unspecified atom stereocenters. The van der Waals surface area contributed by atoms with Crippen LogP contribution in [0.3, 0.4) is 0 Å². The van der Waals surface area contributed by atoms with Crippen molar-refractivity contribution in [2.45, 2.75) is 12.5 Å². The van der Waals surface area contributed by atoms with Gasteiger partial charge < -0.3 is 14.8 Å². The zero-order valence-electron chi connectivity index (χ0n) is 15.0. The van der Waals surface area contributed by atoms with Gasteiger partial charge in [-0.25, -0.2) is 9.78 Å². The van der Waals surface area contributed by atoms with E-state index in [0.717, 1.165) is 5.56 Å². The van der Waals surface area contributed by atoms with Crippen LogP contribution in [0.1, 0.15) is 15.9 Å². The number of rotatable bonds is 6. The molecule has 0 fully saturated rings. The normalized spacial score (nSPS) is 11.6. The Hall–Kier alpha value is -3.48. The van der Waals surface area contributed by atoms with E-state index in [1.54, 1.807) is 30.6 Å². The maximum Gasteiger partial charge on any atom is 0.328 e. The van der Waals surface area contributed by atoms with Crippen molar-refractivity contribution in [1.29, 1.82) is 0 Å². The predicted molar refractivity (Wildman–Crippen MR) is 99.5 cm³/mol. The van der Waals surface area contributed by atoms with E-state index >= 15 is 0 Å². The highest BCUT2D eigenvalue weighted by Crippen LogP contribution is 2.17. The first kappa shape index (κ1) is 18.3. The number of ether oxygens (including phenoxy) is 2. The second kappa shape index (κ2) is 8.27. The quantitative estimate of drug-likeness (QED) is 0.673. The van der Waals surface area contributed by atoms with Gasteiger partial charge in [-0.1, -0.05) is 24.3 Å². The minimum absolute atomic E-state index is 0.248. The number of hydrogen-bond donors (Lipinski definition) is 1. The van der Waals surface area contributed by atoms with Crippen molar-refractivity contribution >= 4 is 22.8 Å². The lowest BCUT2D eigenvalue weighted by molar-refractivity contribution is -0.142. The van der Waals surface area contributed by atoms with Gasteiger partial charge in [0.15, 0.2) is 0 Å². The lowest BCUT2D eigenvalue weighted by Crippen LogP contribution is -2.43. The van der Waals surface area contributed by atoms with E-state index in [1.807, 2.05) is 24.3 Å². The van der Waals surface area contributed by atoms with Crippen LogP contribution in [0.4, 0.5) is 0 Å². The number of nitrogens with one attached hydrogen (secondary N) is 1. The highest BCUT2D eigenvalue weighted by molar-refractivity contribution is 6.07. The largest absolute Gasteiger partial charge is 0.481 e. The van der Waals surface area contributed by atoms with Gasteiger partial charge in [0.2, 0.25) is 5.88 Å². The molecule has 0 bridgehead atoms. The van der Waals surface area contributed by atoms with E-state index < -0.39 is 12.0 Å². The van der Waals surface area contributed by atoms with Crippen LogP contribution in [0.15, 0.2) is 54.9 Å². The van der Waals surface area contributed by atoms with Crippen molar-refractivity contribution in [2.24, 2.45) is 0 Å². The zero-order chi connectivity index (χ0) is 19.2. The number of pyridine rings is 2. The van der Waals surface area contributed by atoms with Crippen LogP contribution in [0.2, 0.25) is 0 Å². The first-order valence-electron chi connectivity index (χ1n) is 8.33. The molecule has 0 spiro atoms. The standard InChI is InChI=1S/C20H19N3O4/c1-26-18-8-7-13(12-22-18)11-17(20(25)27-2)23-19(24)15-9-10-21-16-6-4-3-5-14(15)16/h3-10,12,17H,11H2,1-2H3,(H,23,24)/t17-/m0/s1. The molecule has 3 aromatic rings. The van der Waals surface area contributed by atoms with Crippen LogP contribution >= 0.6 is 0 Å². The molecule has 1 aromatic carbocycles. The van der Waals surface area contributed by atoms with E-state index in [2.05, 4.69) is 15.3 Å². The molecule has 138 valence electrons. The molecule has 1 atom stereocenters. The van der Waals surface area contributed by atoms with Crippen LogP contribution in [-0.4, -0.2) is 42.1 Å². The third-order valence-electron chi connectivity index (χ3n) is 4.13. The Labute approximate surface area is 156 Å². The maximum absolute atomic E-state index is 12.8. The number of fused-ring (bicyclic) bond motifs is 1. The molecule has 27 heavy (non-hydrogen) atoms. The van der Waals surface area contributed by atoms with Crippen molar-refractivity contribution in [3.63, 3.8) is 0 Å². The van der Waals surface area contributed by atoms with Crippen LogP contribution in [0.5, 0.6) is 5.88 Å². The predicted octanol–water partition coefficient (Wildman–Crippen LogP) is 2.15. The van der Waals surface area contributed by atoms with E-state index in [4.69, 9.17) is 9.47 Å². The van der Waals surface area contributed by atoms with Gasteiger partial charge in [0.05, 0.1) is 25.3 Å². The first-order valence-corrected chi connectivity index (χ1v) is 8.33. The third-order valence-corrected chi connectivity index (χ3v) is 4.13. The number of para-hydroxylation sites is 1. The van der Waals surface area contributed by atoms with Crippen LogP contribution in [-0.2, 0) is 16.0 Å². The minimum Gasteiger partial charge on any atom is -0.481 e. The summed E-state index contributed by atoms with van der Waals surface area (Å²) in [6, 6.07) is 11.6. The van der Waals surface area contributed by atoms with Crippen molar-refractivity contribution in [2.75, 3.05) is 14.2 Å². The fraction of sp³-hybridized carbons (Fsp3) is 0.200. The molecule has 7 nitrogen and oxygen atoms in total. The number of carbonyl (C=O) groups is 2. The highest BCUT2D eigenvalue weighted by atomic mass is 16.5. The summed E-state index contributed by atoms with van der Waals surface area (Å²) in [5, 5.41) is 3.47. The molecule has 2 aromatic heterocycles. The van der Waals surface area contributed by atoms with Gasteiger partial charge in [-0.15, -0.1) is 0 Å². The monoisotopic (exact) mass is 365 g/mol. The molecule has 1 amide bonds. The Kier molecular flexibility index (Phi) is 5.61. The summed E-state index contributed by atoms with van der Waals surface area (Å²) in [6.07, 6.45) is 3.42. The Bertz CT molecular complexity index is 952. The second-order valence-corrected chi connectivity index (χ2v) is 5.84. The number of benzene rings is 1. The molecule has 2 heterocycles. The molecular weight excluding hydrogens is 346 g/mol. The van der Waals surface area contributed by atoms with Gasteiger partial charge >= 0.3 is 5.97 Å². The summed E-state index contributed by atoms with van der Waals surface area (Å²) in [7, 11) is 2.81. The lowest BCUT2D eigenvalue weighted by Gasteiger charge is -2.17. The summed E-state index contributed by atoms with van der Waals surface area (Å²) in [4.78, 5) is 33.3. The average Bonchev–Trinajstić information content (AvgIpc) is 2.72. The van der Waals surface area contributed by atoms with Crippen molar-refractivity contribution in [3.05, 3.63) is 66.0 Å². The van der Waals surface area contributed by atoms with Gasteiger partial charge in [-0.05, 0) is 17.7 Å². The van der Waals surface area contributed by atoms with Crippen LogP contribution in [0.25, 0.3) is 10.9 Å². The molecule has 3 rings (SSSR count). The minimum atomic E-state index is -0.843. The molecule has 7 heteroatoms. The number of carbonyl (C=O) groups excluding carboxylic acids is 2. The van der Waals surface area contributed by atoms with Crippen LogP contribution < -0.4 is 10.1 Å². The number of methoxy groups -OCH3 is 2. The summed E-state index contributed by atoms with van der Waals surface area (Å²) >= 11 is 0. The van der Waals surface area contributed by atoms with Crippen molar-refractivity contribution in [3.8, 4) is 5.88 Å². The Morgan fingerprint density at radius 2 is 1.89 bits per heavy atom. The molecule has 0 aliphatic carbocycles. The highest BCUT2D eigenvalue weighted by Gasteiger charge is 2.23.